The second kappa shape index (κ2) is 18.9. The second-order valence-electron chi connectivity index (χ2n) is 8.02. The number of carboxylic acids is 1. The van der Waals surface area contributed by atoms with Crippen LogP contribution in [0.25, 0.3) is 0 Å². The van der Waals surface area contributed by atoms with Gasteiger partial charge in [0, 0.05) is 32.6 Å². The van der Waals surface area contributed by atoms with Crippen LogP contribution in [0.1, 0.15) is 30.9 Å². The molecule has 9 nitrogen and oxygen atoms in total. The third-order valence-electron chi connectivity index (χ3n) is 4.93. The minimum absolute atomic E-state index is 0.107. The number of nitrogens with zero attached hydrogens (tertiary/aromatic N) is 1. The molecule has 0 aliphatic rings. The molecule has 35 heavy (non-hydrogen) atoms. The van der Waals surface area contributed by atoms with Crippen LogP contribution in [-0.2, 0) is 37.0 Å². The third-order valence-corrected chi connectivity index (χ3v) is 4.93. The third kappa shape index (κ3) is 15.3. The first-order chi connectivity index (χ1) is 17.1. The first-order valence-corrected chi connectivity index (χ1v) is 12.1. The Labute approximate surface area is 208 Å². The molecule has 0 radical (unpaired) electrons. The van der Waals surface area contributed by atoms with Gasteiger partial charge < -0.3 is 14.6 Å². The van der Waals surface area contributed by atoms with E-state index in [1.807, 2.05) is 12.1 Å². The lowest BCUT2D eigenvalue weighted by Gasteiger charge is -2.22. The molecule has 2 aromatic carbocycles. The highest BCUT2D eigenvalue weighted by atomic mass is 16.7. The van der Waals surface area contributed by atoms with Gasteiger partial charge in [-0.05, 0) is 24.5 Å². The summed E-state index contributed by atoms with van der Waals surface area (Å²) in [6, 6.07) is 20.9. The largest absolute Gasteiger partial charge is 0.481 e. The van der Waals surface area contributed by atoms with Gasteiger partial charge in [0.1, 0.15) is 6.23 Å². The molecule has 1 atom stereocenters. The van der Waals surface area contributed by atoms with Gasteiger partial charge in [0.2, 0.25) is 0 Å². The number of carbonyl (C=O) groups is 1. The van der Waals surface area contributed by atoms with Gasteiger partial charge >= 0.3 is 5.97 Å². The lowest BCUT2D eigenvalue weighted by atomic mass is 10.1. The molecule has 0 amide bonds. The Morgan fingerprint density at radius 1 is 0.886 bits per heavy atom. The molecule has 0 fully saturated rings. The molecule has 1 unspecified atom stereocenters. The molecular weight excluding hydrogens is 450 g/mol. The van der Waals surface area contributed by atoms with Gasteiger partial charge in [-0.2, -0.15) is 5.48 Å². The Balaban J connectivity index is 1.48. The number of nitrogens with one attached hydrogen (secondary N) is 2. The van der Waals surface area contributed by atoms with E-state index >= 15 is 0 Å². The molecule has 0 aliphatic carbocycles. The number of rotatable bonds is 21. The summed E-state index contributed by atoms with van der Waals surface area (Å²) in [6.07, 6.45) is 0.226. The second-order valence-corrected chi connectivity index (χ2v) is 8.02. The Kier molecular flexibility index (Phi) is 15.6. The van der Waals surface area contributed by atoms with E-state index in [-0.39, 0.29) is 12.6 Å². The fraction of sp³-hybridized carbons (Fsp3) is 0.500. The molecule has 0 spiro atoms. The average molecular weight is 490 g/mol. The molecule has 0 heterocycles. The lowest BCUT2D eigenvalue weighted by Crippen LogP contribution is -2.35. The Bertz CT molecular complexity index is 740. The number of hydrogen-bond acceptors (Lipinski definition) is 8. The minimum Gasteiger partial charge on any atom is -0.481 e. The summed E-state index contributed by atoms with van der Waals surface area (Å²) >= 11 is 0. The van der Waals surface area contributed by atoms with E-state index in [2.05, 4.69) is 64.4 Å². The van der Waals surface area contributed by atoms with Crippen molar-refractivity contribution >= 4 is 5.97 Å². The lowest BCUT2D eigenvalue weighted by molar-refractivity contribution is -0.138. The van der Waals surface area contributed by atoms with Crippen LogP contribution in [0.15, 0.2) is 60.7 Å². The van der Waals surface area contributed by atoms with Crippen molar-refractivity contribution in [3.05, 3.63) is 71.8 Å². The summed E-state index contributed by atoms with van der Waals surface area (Å²) in [5, 5.41) is 8.57. The minimum atomic E-state index is -0.820. The fourth-order valence-electron chi connectivity index (χ4n) is 3.21. The van der Waals surface area contributed by atoms with E-state index in [9.17, 15) is 4.79 Å². The van der Waals surface area contributed by atoms with Crippen molar-refractivity contribution in [3.63, 3.8) is 0 Å². The average Bonchev–Trinajstić information content (AvgIpc) is 2.86. The molecular formula is C26H39N3O6. The summed E-state index contributed by atoms with van der Waals surface area (Å²) in [5.74, 6) is -0.820. The molecule has 2 rings (SSSR count). The monoisotopic (exact) mass is 489 g/mol. The highest BCUT2D eigenvalue weighted by molar-refractivity contribution is 5.66. The quantitative estimate of drug-likeness (QED) is 0.139. The van der Waals surface area contributed by atoms with Gasteiger partial charge in [-0.3, -0.25) is 19.4 Å². The normalized spacial score (nSPS) is 12.2. The van der Waals surface area contributed by atoms with Gasteiger partial charge in [0.05, 0.1) is 33.0 Å². The van der Waals surface area contributed by atoms with Crippen LogP contribution in [0.2, 0.25) is 0 Å². The maximum Gasteiger partial charge on any atom is 0.303 e. The Morgan fingerprint density at radius 2 is 1.46 bits per heavy atom. The van der Waals surface area contributed by atoms with Crippen molar-refractivity contribution in [3.8, 4) is 0 Å². The zero-order valence-electron chi connectivity index (χ0n) is 20.6. The van der Waals surface area contributed by atoms with Crippen molar-refractivity contribution in [2.45, 2.75) is 39.1 Å². The summed E-state index contributed by atoms with van der Waals surface area (Å²) in [7, 11) is 0. The molecule has 3 N–H and O–H groups in total. The van der Waals surface area contributed by atoms with E-state index in [0.29, 0.717) is 46.0 Å². The van der Waals surface area contributed by atoms with Gasteiger partial charge in [-0.25, -0.2) is 5.48 Å². The number of hydroxylamine groups is 2. The molecule has 0 aromatic heterocycles. The molecule has 0 saturated heterocycles. The topological polar surface area (TPSA) is 102 Å². The smallest absolute Gasteiger partial charge is 0.303 e. The van der Waals surface area contributed by atoms with Crippen molar-refractivity contribution in [1.82, 2.24) is 15.9 Å². The van der Waals surface area contributed by atoms with E-state index in [4.69, 9.17) is 24.3 Å². The van der Waals surface area contributed by atoms with E-state index < -0.39 is 5.97 Å². The summed E-state index contributed by atoms with van der Waals surface area (Å²) < 4.78 is 11.3. The summed E-state index contributed by atoms with van der Waals surface area (Å²) in [6.45, 7) is 7.28. The van der Waals surface area contributed by atoms with Crippen molar-refractivity contribution in [2.24, 2.45) is 0 Å². The van der Waals surface area contributed by atoms with Crippen LogP contribution in [-0.4, -0.2) is 68.3 Å². The van der Waals surface area contributed by atoms with Crippen LogP contribution < -0.4 is 11.0 Å². The zero-order valence-corrected chi connectivity index (χ0v) is 20.6. The van der Waals surface area contributed by atoms with Crippen molar-refractivity contribution in [2.75, 3.05) is 46.1 Å². The molecule has 0 bridgehead atoms. The van der Waals surface area contributed by atoms with Gasteiger partial charge in [-0.15, -0.1) is 0 Å². The maximum atomic E-state index is 10.4. The fourth-order valence-corrected chi connectivity index (χ4v) is 3.21. The number of ether oxygens (including phenoxy) is 2. The molecule has 0 saturated carbocycles. The van der Waals surface area contributed by atoms with Gasteiger partial charge in [-0.1, -0.05) is 60.7 Å². The predicted molar refractivity (Wildman–Crippen MR) is 133 cm³/mol. The van der Waals surface area contributed by atoms with Gasteiger partial charge in [0.15, 0.2) is 0 Å². The number of benzene rings is 2. The first kappa shape index (κ1) is 28.9. The van der Waals surface area contributed by atoms with Crippen LogP contribution >= 0.6 is 0 Å². The van der Waals surface area contributed by atoms with Crippen molar-refractivity contribution < 1.29 is 29.0 Å². The van der Waals surface area contributed by atoms with E-state index in [1.54, 1.807) is 6.92 Å². The van der Waals surface area contributed by atoms with E-state index in [1.165, 1.54) is 11.1 Å². The zero-order chi connectivity index (χ0) is 25.0. The molecule has 2 aromatic rings. The molecule has 9 heteroatoms. The highest BCUT2D eigenvalue weighted by Gasteiger charge is 2.07. The van der Waals surface area contributed by atoms with Crippen LogP contribution in [0.5, 0.6) is 0 Å². The van der Waals surface area contributed by atoms with E-state index in [0.717, 1.165) is 19.6 Å². The Hall–Kier alpha value is -2.37. The Morgan fingerprint density at radius 3 is 2.06 bits per heavy atom. The molecule has 194 valence electrons. The van der Waals surface area contributed by atoms with Crippen LogP contribution in [0, 0.1) is 0 Å². The highest BCUT2D eigenvalue weighted by Crippen LogP contribution is 2.09. The van der Waals surface area contributed by atoms with Crippen LogP contribution in [0.4, 0.5) is 0 Å². The maximum absolute atomic E-state index is 10.4. The van der Waals surface area contributed by atoms with Crippen molar-refractivity contribution in [1.29, 1.82) is 0 Å². The first-order valence-electron chi connectivity index (χ1n) is 12.1. The molecule has 0 aliphatic heterocycles. The summed E-state index contributed by atoms with van der Waals surface area (Å²) in [5.41, 5.74) is 8.00. The SMILES string of the molecule is CC(NOCCOCCOCCN(Cc1ccccc1)Cc1ccccc1)ONCCCC(=O)O. The predicted octanol–water partition coefficient (Wildman–Crippen LogP) is 2.98. The van der Waals surface area contributed by atoms with Gasteiger partial charge in [0.25, 0.3) is 0 Å². The summed E-state index contributed by atoms with van der Waals surface area (Å²) in [4.78, 5) is 23.3. The standard InChI is InChI=1S/C26H39N3O6/c1-23(35-27-14-8-13-26(30)31)28-34-20-19-33-18-17-32-16-15-29(21-24-9-4-2-5-10-24)22-25-11-6-3-7-12-25/h2-7,9-12,23,27-28H,8,13-22H2,1H3,(H,30,31). The number of carboxylic acid groups (broad SMARTS) is 1. The number of aliphatic carboxylic acids is 1. The number of hydrogen-bond donors (Lipinski definition) is 3. The van der Waals surface area contributed by atoms with Crippen LogP contribution in [0.3, 0.4) is 0 Å².